The highest BCUT2D eigenvalue weighted by molar-refractivity contribution is 7.20. The first-order chi connectivity index (χ1) is 11.1. The number of anilines is 1. The van der Waals surface area contributed by atoms with Crippen molar-refractivity contribution in [1.82, 2.24) is 4.98 Å². The van der Waals surface area contributed by atoms with E-state index < -0.39 is 0 Å². The lowest BCUT2D eigenvalue weighted by molar-refractivity contribution is 0.0984. The largest absolute Gasteiger partial charge is 0.307 e. The minimum absolute atomic E-state index is 0.0414. The second kappa shape index (κ2) is 6.64. The third-order valence-corrected chi connectivity index (χ3v) is 5.55. The van der Waals surface area contributed by atoms with Gasteiger partial charge in [0.15, 0.2) is 0 Å². The monoisotopic (exact) mass is 342 g/mol. The summed E-state index contributed by atoms with van der Waals surface area (Å²) in [4.78, 5) is 20.3. The number of amides is 1. The highest BCUT2D eigenvalue weighted by atomic mass is 32.1. The SMILES string of the molecule is CCN(C(=O)c1csc(-c2cccs2)n1)c1cc(C)ccc1C. The van der Waals surface area contributed by atoms with Gasteiger partial charge in [-0.1, -0.05) is 18.2 Å². The fourth-order valence-electron chi connectivity index (χ4n) is 2.46. The third kappa shape index (κ3) is 3.21. The van der Waals surface area contributed by atoms with Gasteiger partial charge >= 0.3 is 0 Å². The van der Waals surface area contributed by atoms with Gasteiger partial charge in [-0.05, 0) is 49.4 Å². The number of carbonyl (C=O) groups is 1. The minimum atomic E-state index is -0.0414. The lowest BCUT2D eigenvalue weighted by Crippen LogP contribution is -2.31. The Morgan fingerprint density at radius 1 is 1.22 bits per heavy atom. The van der Waals surface area contributed by atoms with Gasteiger partial charge < -0.3 is 4.90 Å². The van der Waals surface area contributed by atoms with E-state index in [9.17, 15) is 4.79 Å². The summed E-state index contributed by atoms with van der Waals surface area (Å²) in [6, 6.07) is 10.2. The first kappa shape index (κ1) is 15.9. The first-order valence-corrected chi connectivity index (χ1v) is 9.24. The maximum atomic E-state index is 12.9. The molecule has 0 aliphatic carbocycles. The second-order valence-electron chi connectivity index (χ2n) is 5.35. The van der Waals surface area contributed by atoms with E-state index in [2.05, 4.69) is 23.2 Å². The molecule has 3 rings (SSSR count). The smallest absolute Gasteiger partial charge is 0.277 e. The van der Waals surface area contributed by atoms with Crippen LogP contribution in [0.4, 0.5) is 5.69 Å². The molecule has 0 N–H and O–H groups in total. The zero-order valence-electron chi connectivity index (χ0n) is 13.4. The van der Waals surface area contributed by atoms with Crippen LogP contribution in [0.5, 0.6) is 0 Å². The molecule has 5 heteroatoms. The molecule has 118 valence electrons. The predicted octanol–water partition coefficient (Wildman–Crippen LogP) is 5.16. The number of hydrogen-bond acceptors (Lipinski definition) is 4. The van der Waals surface area contributed by atoms with Crippen LogP contribution in [0.1, 0.15) is 28.5 Å². The Labute approximate surface area is 144 Å². The van der Waals surface area contributed by atoms with E-state index in [0.717, 1.165) is 26.7 Å². The minimum Gasteiger partial charge on any atom is -0.307 e. The summed E-state index contributed by atoms with van der Waals surface area (Å²) < 4.78 is 0. The molecule has 23 heavy (non-hydrogen) atoms. The first-order valence-electron chi connectivity index (χ1n) is 7.48. The van der Waals surface area contributed by atoms with Gasteiger partial charge in [0.2, 0.25) is 0 Å². The standard InChI is InChI=1S/C18H18N2OS2/c1-4-20(15-10-12(2)7-8-13(15)3)18(21)14-11-23-17(19-14)16-6-5-9-22-16/h5-11H,4H2,1-3H3. The zero-order chi connectivity index (χ0) is 16.4. The lowest BCUT2D eigenvalue weighted by atomic mass is 10.1. The van der Waals surface area contributed by atoms with E-state index in [1.54, 1.807) is 16.2 Å². The van der Waals surface area contributed by atoms with Crippen LogP contribution < -0.4 is 4.90 Å². The molecule has 0 atom stereocenters. The van der Waals surface area contributed by atoms with Crippen LogP contribution in [-0.2, 0) is 0 Å². The molecule has 0 radical (unpaired) electrons. The molecule has 3 aromatic rings. The molecule has 0 bridgehead atoms. The molecule has 0 saturated carbocycles. The molecule has 3 nitrogen and oxygen atoms in total. The van der Waals surface area contributed by atoms with Crippen molar-refractivity contribution in [2.45, 2.75) is 20.8 Å². The maximum absolute atomic E-state index is 12.9. The van der Waals surface area contributed by atoms with Crippen LogP contribution in [0, 0.1) is 13.8 Å². The number of thiophene rings is 1. The summed E-state index contributed by atoms with van der Waals surface area (Å²) in [5, 5.41) is 4.78. The molecule has 0 fully saturated rings. The van der Waals surface area contributed by atoms with Crippen molar-refractivity contribution in [2.24, 2.45) is 0 Å². The fraction of sp³-hybridized carbons (Fsp3) is 0.222. The molecule has 0 spiro atoms. The van der Waals surface area contributed by atoms with Crippen LogP contribution in [-0.4, -0.2) is 17.4 Å². The number of hydrogen-bond donors (Lipinski definition) is 0. The molecular weight excluding hydrogens is 324 g/mol. The van der Waals surface area contributed by atoms with E-state index >= 15 is 0 Å². The Morgan fingerprint density at radius 3 is 2.74 bits per heavy atom. The summed E-state index contributed by atoms with van der Waals surface area (Å²) in [5.74, 6) is -0.0414. The number of nitrogens with zero attached hydrogens (tertiary/aromatic N) is 2. The van der Waals surface area contributed by atoms with Crippen molar-refractivity contribution in [3.63, 3.8) is 0 Å². The van der Waals surface area contributed by atoms with Crippen LogP contribution >= 0.6 is 22.7 Å². The summed E-state index contributed by atoms with van der Waals surface area (Å²) in [6.07, 6.45) is 0. The summed E-state index contributed by atoms with van der Waals surface area (Å²) >= 11 is 3.16. The summed E-state index contributed by atoms with van der Waals surface area (Å²) in [5.41, 5.74) is 3.72. The van der Waals surface area contributed by atoms with Crippen molar-refractivity contribution in [2.75, 3.05) is 11.4 Å². The third-order valence-electron chi connectivity index (χ3n) is 3.67. The number of aryl methyl sites for hydroxylation is 2. The Kier molecular flexibility index (Phi) is 4.59. The summed E-state index contributed by atoms with van der Waals surface area (Å²) in [7, 11) is 0. The number of benzene rings is 1. The highest BCUT2D eigenvalue weighted by Crippen LogP contribution is 2.29. The van der Waals surface area contributed by atoms with E-state index in [4.69, 9.17) is 0 Å². The van der Waals surface area contributed by atoms with Crippen LogP contribution in [0.3, 0.4) is 0 Å². The van der Waals surface area contributed by atoms with Crippen molar-refractivity contribution in [1.29, 1.82) is 0 Å². The van der Waals surface area contributed by atoms with Crippen LogP contribution in [0.15, 0.2) is 41.1 Å². The Morgan fingerprint density at radius 2 is 2.04 bits per heavy atom. The Hall–Kier alpha value is -1.98. The Balaban J connectivity index is 1.93. The van der Waals surface area contributed by atoms with E-state index in [1.807, 2.05) is 43.7 Å². The molecular formula is C18H18N2OS2. The molecule has 0 saturated heterocycles. The fourth-order valence-corrected chi connectivity index (χ4v) is 4.07. The average molecular weight is 342 g/mol. The molecule has 0 unspecified atom stereocenters. The summed E-state index contributed by atoms with van der Waals surface area (Å²) in [6.45, 7) is 6.68. The van der Waals surface area contributed by atoms with E-state index in [-0.39, 0.29) is 5.91 Å². The van der Waals surface area contributed by atoms with E-state index in [0.29, 0.717) is 12.2 Å². The topological polar surface area (TPSA) is 33.2 Å². The van der Waals surface area contributed by atoms with Gasteiger partial charge in [-0.3, -0.25) is 4.79 Å². The Bertz CT molecular complexity index is 821. The van der Waals surface area contributed by atoms with Gasteiger partial charge in [-0.25, -0.2) is 4.98 Å². The second-order valence-corrected chi connectivity index (χ2v) is 7.16. The van der Waals surface area contributed by atoms with Crippen molar-refractivity contribution < 1.29 is 4.79 Å². The molecule has 0 aliphatic rings. The number of thiazole rings is 1. The van der Waals surface area contributed by atoms with Gasteiger partial charge in [0, 0.05) is 17.6 Å². The van der Waals surface area contributed by atoms with Gasteiger partial charge in [-0.15, -0.1) is 22.7 Å². The number of carbonyl (C=O) groups excluding carboxylic acids is 1. The predicted molar refractivity (Wildman–Crippen MR) is 98.7 cm³/mol. The highest BCUT2D eigenvalue weighted by Gasteiger charge is 2.21. The molecule has 1 aromatic carbocycles. The maximum Gasteiger partial charge on any atom is 0.277 e. The van der Waals surface area contributed by atoms with Crippen LogP contribution in [0.25, 0.3) is 9.88 Å². The molecule has 2 aromatic heterocycles. The van der Waals surface area contributed by atoms with Gasteiger partial charge in [0.1, 0.15) is 10.7 Å². The zero-order valence-corrected chi connectivity index (χ0v) is 15.0. The van der Waals surface area contributed by atoms with Gasteiger partial charge in [0.05, 0.1) is 4.88 Å². The molecule has 0 aliphatic heterocycles. The number of rotatable bonds is 4. The lowest BCUT2D eigenvalue weighted by Gasteiger charge is -2.22. The van der Waals surface area contributed by atoms with Crippen molar-refractivity contribution in [3.05, 3.63) is 57.9 Å². The average Bonchev–Trinajstić information content (AvgIpc) is 3.21. The number of aromatic nitrogens is 1. The normalized spacial score (nSPS) is 10.7. The van der Waals surface area contributed by atoms with Crippen LogP contribution in [0.2, 0.25) is 0 Å². The molecule has 2 heterocycles. The van der Waals surface area contributed by atoms with E-state index in [1.165, 1.54) is 11.3 Å². The van der Waals surface area contributed by atoms with Gasteiger partial charge in [0.25, 0.3) is 5.91 Å². The molecule has 1 amide bonds. The van der Waals surface area contributed by atoms with Crippen molar-refractivity contribution in [3.8, 4) is 9.88 Å². The van der Waals surface area contributed by atoms with Crippen molar-refractivity contribution >= 4 is 34.3 Å². The van der Waals surface area contributed by atoms with Gasteiger partial charge in [-0.2, -0.15) is 0 Å². The quantitative estimate of drug-likeness (QED) is 0.656.